The van der Waals surface area contributed by atoms with Crippen LogP contribution in [-0.4, -0.2) is 31.6 Å². The molecule has 1 aliphatic heterocycles. The van der Waals surface area contributed by atoms with Crippen molar-refractivity contribution < 1.29 is 23.6 Å². The number of carbonyl (C=O) groups excluding carboxylic acids is 2. The third-order valence-electron chi connectivity index (χ3n) is 5.39. The fraction of sp³-hybridized carbons (Fsp3) is 0.227. The van der Waals surface area contributed by atoms with Crippen LogP contribution in [0.25, 0.3) is 22.5 Å². The number of nitrogens with zero attached hydrogens (tertiary/aromatic N) is 3. The van der Waals surface area contributed by atoms with Crippen LogP contribution in [0, 0.1) is 0 Å². The van der Waals surface area contributed by atoms with Gasteiger partial charge in [-0.05, 0) is 35.7 Å². The summed E-state index contributed by atoms with van der Waals surface area (Å²) < 4.78 is 11.9. The average molecular weight is 434 g/mol. The number of amides is 2. The Balaban J connectivity index is 1.45. The number of oxazole rings is 1. The number of piperidine rings is 1. The van der Waals surface area contributed by atoms with Crippen molar-refractivity contribution in [2.24, 2.45) is 0 Å². The number of hydrogen-bond donors (Lipinski definition) is 2. The standard InChI is InChI=1S/C22H18N4O6/c27-11-13-2-1-3-14(8-13)20-24-19(32-25-20)10-12-4-6-17-16(9-12)26(22(30)31-17)15-5-7-18(28)23-21(15)29/h1-4,6,8-9,15,27H,5,7,10-11H2,(H,23,28,29). The second-order valence-electron chi connectivity index (χ2n) is 7.55. The van der Waals surface area contributed by atoms with Crippen molar-refractivity contribution >= 4 is 22.9 Å². The third kappa shape index (κ3) is 3.60. The summed E-state index contributed by atoms with van der Waals surface area (Å²) in [5, 5.41) is 15.6. The predicted octanol–water partition coefficient (Wildman–Crippen LogP) is 1.71. The molecule has 10 nitrogen and oxygen atoms in total. The van der Waals surface area contributed by atoms with Gasteiger partial charge in [0.05, 0.1) is 18.5 Å². The van der Waals surface area contributed by atoms with Crippen LogP contribution in [0.15, 0.2) is 56.2 Å². The molecule has 10 heteroatoms. The van der Waals surface area contributed by atoms with E-state index < -0.39 is 17.7 Å². The number of benzene rings is 2. The van der Waals surface area contributed by atoms with Gasteiger partial charge in [0.2, 0.25) is 23.5 Å². The summed E-state index contributed by atoms with van der Waals surface area (Å²) in [6, 6.07) is 11.6. The van der Waals surface area contributed by atoms with Gasteiger partial charge in [-0.2, -0.15) is 4.98 Å². The van der Waals surface area contributed by atoms with E-state index in [1.54, 1.807) is 36.4 Å². The van der Waals surface area contributed by atoms with Gasteiger partial charge in [0.25, 0.3) is 0 Å². The van der Waals surface area contributed by atoms with Gasteiger partial charge in [-0.3, -0.25) is 19.5 Å². The number of hydrogen-bond acceptors (Lipinski definition) is 8. The number of aliphatic hydroxyl groups is 1. The second kappa shape index (κ2) is 7.89. The maximum absolute atomic E-state index is 12.4. The van der Waals surface area contributed by atoms with E-state index in [1.165, 1.54) is 4.57 Å². The first kappa shape index (κ1) is 19.9. The van der Waals surface area contributed by atoms with Crippen LogP contribution < -0.4 is 11.1 Å². The monoisotopic (exact) mass is 434 g/mol. The highest BCUT2D eigenvalue weighted by Gasteiger charge is 2.31. The van der Waals surface area contributed by atoms with Crippen molar-refractivity contribution in [2.75, 3.05) is 0 Å². The van der Waals surface area contributed by atoms with E-state index in [2.05, 4.69) is 15.5 Å². The smallest absolute Gasteiger partial charge is 0.408 e. The van der Waals surface area contributed by atoms with E-state index in [9.17, 15) is 19.5 Å². The molecule has 5 rings (SSSR count). The zero-order valence-electron chi connectivity index (χ0n) is 16.8. The summed E-state index contributed by atoms with van der Waals surface area (Å²) in [6.45, 7) is -0.0852. The van der Waals surface area contributed by atoms with Crippen LogP contribution >= 0.6 is 0 Å². The molecule has 32 heavy (non-hydrogen) atoms. The highest BCUT2D eigenvalue weighted by Crippen LogP contribution is 2.25. The zero-order valence-corrected chi connectivity index (χ0v) is 16.8. The van der Waals surface area contributed by atoms with E-state index in [1.807, 2.05) is 6.07 Å². The number of aliphatic hydroxyl groups excluding tert-OH is 1. The van der Waals surface area contributed by atoms with Gasteiger partial charge >= 0.3 is 5.76 Å². The third-order valence-corrected chi connectivity index (χ3v) is 5.39. The first-order valence-corrected chi connectivity index (χ1v) is 10.0. The van der Waals surface area contributed by atoms with Crippen molar-refractivity contribution in [3.05, 3.63) is 70.0 Å². The summed E-state index contributed by atoms with van der Waals surface area (Å²) in [7, 11) is 0. The Kier molecular flexibility index (Phi) is 4.91. The molecule has 162 valence electrons. The Hall–Kier alpha value is -4.05. The molecule has 1 saturated heterocycles. The molecular formula is C22H18N4O6. The molecule has 2 aromatic heterocycles. The van der Waals surface area contributed by atoms with Gasteiger partial charge in [-0.1, -0.05) is 29.4 Å². The minimum Gasteiger partial charge on any atom is -0.408 e. The lowest BCUT2D eigenvalue weighted by Gasteiger charge is -2.21. The zero-order chi connectivity index (χ0) is 22.2. The lowest BCUT2D eigenvalue weighted by Crippen LogP contribution is -2.43. The molecule has 2 aromatic carbocycles. The van der Waals surface area contributed by atoms with Crippen LogP contribution in [0.5, 0.6) is 0 Å². The Morgan fingerprint density at radius 1 is 1.12 bits per heavy atom. The number of rotatable bonds is 5. The lowest BCUT2D eigenvalue weighted by atomic mass is 10.1. The first-order chi connectivity index (χ1) is 15.5. The van der Waals surface area contributed by atoms with E-state index in [0.29, 0.717) is 29.2 Å². The fourth-order valence-corrected chi connectivity index (χ4v) is 3.84. The highest BCUT2D eigenvalue weighted by atomic mass is 16.5. The Morgan fingerprint density at radius 3 is 2.81 bits per heavy atom. The van der Waals surface area contributed by atoms with Crippen LogP contribution in [-0.2, 0) is 22.6 Å². The van der Waals surface area contributed by atoms with Crippen molar-refractivity contribution in [3.63, 3.8) is 0 Å². The number of carbonyl (C=O) groups is 2. The van der Waals surface area contributed by atoms with Crippen LogP contribution in [0.4, 0.5) is 0 Å². The number of nitrogens with one attached hydrogen (secondary N) is 1. The molecule has 0 bridgehead atoms. The quantitative estimate of drug-likeness (QED) is 0.452. The Morgan fingerprint density at radius 2 is 2.00 bits per heavy atom. The molecule has 1 unspecified atom stereocenters. The summed E-state index contributed by atoms with van der Waals surface area (Å²) in [5.41, 5.74) is 3.04. The molecule has 1 atom stereocenters. The minimum absolute atomic E-state index is 0.0852. The van der Waals surface area contributed by atoms with Crippen LogP contribution in [0.3, 0.4) is 0 Å². The van der Waals surface area contributed by atoms with E-state index in [-0.39, 0.29) is 25.4 Å². The van der Waals surface area contributed by atoms with Crippen molar-refractivity contribution in [2.45, 2.75) is 31.9 Å². The predicted molar refractivity (Wildman–Crippen MR) is 110 cm³/mol. The van der Waals surface area contributed by atoms with Gasteiger partial charge in [0.1, 0.15) is 6.04 Å². The topological polar surface area (TPSA) is 140 Å². The Labute approximate surface area is 180 Å². The van der Waals surface area contributed by atoms with Crippen molar-refractivity contribution in [3.8, 4) is 11.4 Å². The molecule has 2 N–H and O–H groups in total. The number of imide groups is 1. The number of fused-ring (bicyclic) bond motifs is 1. The molecule has 0 spiro atoms. The summed E-state index contributed by atoms with van der Waals surface area (Å²) in [6.07, 6.45) is 0.679. The fourth-order valence-electron chi connectivity index (χ4n) is 3.84. The molecule has 2 amide bonds. The molecule has 0 radical (unpaired) electrons. The van der Waals surface area contributed by atoms with Gasteiger partial charge in [0.15, 0.2) is 5.58 Å². The summed E-state index contributed by atoms with van der Waals surface area (Å²) in [4.78, 5) is 40.6. The Bertz CT molecular complexity index is 1400. The van der Waals surface area contributed by atoms with E-state index in [4.69, 9.17) is 8.94 Å². The number of aromatic nitrogens is 3. The first-order valence-electron chi connectivity index (χ1n) is 10.0. The minimum atomic E-state index is -0.814. The molecular weight excluding hydrogens is 416 g/mol. The van der Waals surface area contributed by atoms with Gasteiger partial charge in [-0.15, -0.1) is 0 Å². The molecule has 4 aromatic rings. The molecule has 0 saturated carbocycles. The molecule has 1 fully saturated rings. The van der Waals surface area contributed by atoms with Crippen molar-refractivity contribution in [1.29, 1.82) is 0 Å². The SMILES string of the molecule is O=C1CCC(n2c(=O)oc3ccc(Cc4nc(-c5cccc(CO)c5)no4)cc32)C(=O)N1. The maximum atomic E-state index is 12.4. The normalized spacial score (nSPS) is 16.5. The highest BCUT2D eigenvalue weighted by molar-refractivity contribution is 6.00. The molecule has 0 aliphatic carbocycles. The second-order valence-corrected chi connectivity index (χ2v) is 7.55. The molecule has 1 aliphatic rings. The average Bonchev–Trinajstić information content (AvgIpc) is 3.38. The van der Waals surface area contributed by atoms with E-state index >= 15 is 0 Å². The van der Waals surface area contributed by atoms with Gasteiger partial charge < -0.3 is 14.0 Å². The van der Waals surface area contributed by atoms with Crippen molar-refractivity contribution in [1.82, 2.24) is 20.0 Å². The van der Waals surface area contributed by atoms with Gasteiger partial charge in [0, 0.05) is 12.0 Å². The van der Waals surface area contributed by atoms with E-state index in [0.717, 1.165) is 16.7 Å². The molecule has 3 heterocycles. The van der Waals surface area contributed by atoms with Gasteiger partial charge in [-0.25, -0.2) is 4.79 Å². The summed E-state index contributed by atoms with van der Waals surface area (Å²) in [5.74, 6) is -0.768. The lowest BCUT2D eigenvalue weighted by molar-refractivity contribution is -0.135. The maximum Gasteiger partial charge on any atom is 0.420 e. The van der Waals surface area contributed by atoms with Crippen LogP contribution in [0.2, 0.25) is 0 Å². The summed E-state index contributed by atoms with van der Waals surface area (Å²) >= 11 is 0. The van der Waals surface area contributed by atoms with Crippen LogP contribution in [0.1, 0.15) is 35.9 Å². The largest absolute Gasteiger partial charge is 0.420 e.